The van der Waals surface area contributed by atoms with Gasteiger partial charge in [0.25, 0.3) is 0 Å². The molecule has 0 amide bonds. The Morgan fingerprint density at radius 3 is 2.52 bits per heavy atom. The first-order chi connectivity index (χ1) is 15.2. The molecule has 0 aromatic heterocycles. The van der Waals surface area contributed by atoms with Gasteiger partial charge in [0.15, 0.2) is 0 Å². The van der Waals surface area contributed by atoms with Gasteiger partial charge in [0, 0.05) is 13.1 Å². The zero-order chi connectivity index (χ0) is 23.1. The monoisotopic (exact) mass is 469 g/mol. The summed E-state index contributed by atoms with van der Waals surface area (Å²) in [5, 5.41) is 3.87. The lowest BCUT2D eigenvalue weighted by molar-refractivity contribution is 0.0257. The van der Waals surface area contributed by atoms with Gasteiger partial charge in [-0.3, -0.25) is 0 Å². The largest absolute Gasteiger partial charge is 0.496 e. The second-order valence-electron chi connectivity index (χ2n) is 11.4. The van der Waals surface area contributed by atoms with Gasteiger partial charge in [0.2, 0.25) is 0 Å². The van der Waals surface area contributed by atoms with E-state index in [0.717, 1.165) is 24.8 Å². The Kier molecular flexibility index (Phi) is 7.91. The Morgan fingerprint density at radius 1 is 1.06 bits per heavy atom. The Hall–Kier alpha value is -1.51. The smallest absolute Gasteiger partial charge is 0.122 e. The molecule has 0 bridgehead atoms. The summed E-state index contributed by atoms with van der Waals surface area (Å²) in [6, 6.07) is 11.9. The first kappa shape index (κ1) is 26.1. The van der Waals surface area contributed by atoms with Crippen molar-refractivity contribution in [1.29, 1.82) is 0 Å². The second kappa shape index (κ2) is 10.0. The van der Waals surface area contributed by atoms with Crippen LogP contribution < -0.4 is 10.1 Å². The van der Waals surface area contributed by atoms with Crippen LogP contribution in [0.1, 0.15) is 92.7 Å². The molecule has 0 saturated heterocycles. The van der Waals surface area contributed by atoms with Crippen LogP contribution in [-0.2, 0) is 18.4 Å². The van der Waals surface area contributed by atoms with Gasteiger partial charge in [0.05, 0.1) is 7.11 Å². The van der Waals surface area contributed by atoms with E-state index in [1.165, 1.54) is 54.4 Å². The van der Waals surface area contributed by atoms with Crippen LogP contribution in [0.2, 0.25) is 0 Å². The van der Waals surface area contributed by atoms with Crippen molar-refractivity contribution in [3.05, 3.63) is 63.7 Å². The lowest BCUT2D eigenvalue weighted by Gasteiger charge is -2.55. The molecule has 2 aliphatic rings. The average molecular weight is 470 g/mol. The van der Waals surface area contributed by atoms with Crippen molar-refractivity contribution >= 4 is 12.4 Å². The average Bonchev–Trinajstić information content (AvgIpc) is 2.75. The van der Waals surface area contributed by atoms with E-state index in [4.69, 9.17) is 4.74 Å². The molecule has 33 heavy (non-hydrogen) atoms. The van der Waals surface area contributed by atoms with E-state index in [1.807, 2.05) is 0 Å². The van der Waals surface area contributed by atoms with Crippen LogP contribution in [0, 0.1) is 25.2 Å². The number of aryl methyl sites for hydroxylation is 3. The molecular formula is C30H44ClNO. The number of benzene rings is 2. The summed E-state index contributed by atoms with van der Waals surface area (Å²) < 4.78 is 5.50. The molecule has 2 aromatic rings. The number of ether oxygens (including phenoxy) is 1. The van der Waals surface area contributed by atoms with Crippen LogP contribution in [-0.4, -0.2) is 13.7 Å². The molecule has 3 heteroatoms. The van der Waals surface area contributed by atoms with E-state index in [-0.39, 0.29) is 12.4 Å². The van der Waals surface area contributed by atoms with Crippen LogP contribution in [0.3, 0.4) is 0 Å². The van der Waals surface area contributed by atoms with E-state index in [2.05, 4.69) is 77.2 Å². The molecule has 3 atom stereocenters. The maximum Gasteiger partial charge on any atom is 0.122 e. The molecule has 3 unspecified atom stereocenters. The van der Waals surface area contributed by atoms with Crippen molar-refractivity contribution in [2.45, 2.75) is 91.5 Å². The van der Waals surface area contributed by atoms with Crippen LogP contribution >= 0.6 is 12.4 Å². The molecule has 1 N–H and O–H groups in total. The fourth-order valence-electron chi connectivity index (χ4n) is 6.96. The summed E-state index contributed by atoms with van der Waals surface area (Å²) in [6.07, 6.45) is 6.56. The summed E-state index contributed by atoms with van der Waals surface area (Å²) in [6.45, 7) is 16.1. The van der Waals surface area contributed by atoms with Gasteiger partial charge in [-0.25, -0.2) is 0 Å². The highest BCUT2D eigenvalue weighted by Crippen LogP contribution is 2.57. The number of halogens is 1. The lowest BCUT2D eigenvalue weighted by Crippen LogP contribution is -2.52. The summed E-state index contributed by atoms with van der Waals surface area (Å²) in [5.41, 5.74) is 9.34. The Balaban J connectivity index is 0.00000306. The lowest BCUT2D eigenvalue weighted by atomic mass is 9.49. The Morgan fingerprint density at radius 2 is 1.82 bits per heavy atom. The van der Waals surface area contributed by atoms with Gasteiger partial charge in [0.1, 0.15) is 5.75 Å². The number of hydrogen-bond donors (Lipinski definition) is 1. The minimum absolute atomic E-state index is 0. The molecule has 0 radical (unpaired) electrons. The van der Waals surface area contributed by atoms with Crippen LogP contribution in [0.15, 0.2) is 30.3 Å². The molecule has 4 rings (SSSR count). The highest BCUT2D eigenvalue weighted by molar-refractivity contribution is 5.85. The van der Waals surface area contributed by atoms with E-state index < -0.39 is 0 Å². The minimum Gasteiger partial charge on any atom is -0.496 e. The van der Waals surface area contributed by atoms with Crippen molar-refractivity contribution in [3.8, 4) is 5.75 Å². The van der Waals surface area contributed by atoms with Gasteiger partial charge < -0.3 is 10.1 Å². The van der Waals surface area contributed by atoms with Crippen LogP contribution in [0.5, 0.6) is 5.75 Å². The Bertz CT molecular complexity index is 984. The normalized spacial score (nSPS) is 26.4. The van der Waals surface area contributed by atoms with E-state index in [0.29, 0.717) is 16.7 Å². The van der Waals surface area contributed by atoms with Crippen molar-refractivity contribution in [2.24, 2.45) is 11.3 Å². The zero-order valence-corrected chi connectivity index (χ0v) is 22.6. The van der Waals surface area contributed by atoms with Gasteiger partial charge in [-0.05, 0) is 102 Å². The molecule has 2 nitrogen and oxygen atoms in total. The summed E-state index contributed by atoms with van der Waals surface area (Å²) in [5.74, 6) is 2.34. The SMILES string of the molecule is COc1cc(C)c(CNCC2(C)CCCC3(C)c4ccc(C(C)C)cc4CCC23)cc1C.Cl. The molecule has 1 saturated carbocycles. The number of methoxy groups -OCH3 is 1. The summed E-state index contributed by atoms with van der Waals surface area (Å²) in [4.78, 5) is 0. The fraction of sp³-hybridized carbons (Fsp3) is 0.600. The fourth-order valence-corrected chi connectivity index (χ4v) is 6.96. The van der Waals surface area contributed by atoms with E-state index >= 15 is 0 Å². The zero-order valence-electron chi connectivity index (χ0n) is 21.8. The molecule has 2 aromatic carbocycles. The Labute approximate surface area is 208 Å². The number of rotatable bonds is 6. The third kappa shape index (κ3) is 4.84. The molecule has 182 valence electrons. The van der Waals surface area contributed by atoms with Crippen LogP contribution in [0.4, 0.5) is 0 Å². The maximum atomic E-state index is 5.50. The van der Waals surface area contributed by atoms with Gasteiger partial charge in [-0.2, -0.15) is 0 Å². The minimum atomic E-state index is 0. The molecule has 1 fully saturated rings. The van der Waals surface area contributed by atoms with Crippen molar-refractivity contribution in [1.82, 2.24) is 5.32 Å². The van der Waals surface area contributed by atoms with E-state index in [1.54, 1.807) is 18.2 Å². The molecule has 0 spiro atoms. The second-order valence-corrected chi connectivity index (χ2v) is 11.4. The standard InChI is InChI=1S/C30H43NO.ClH/c1-20(2)23-9-11-26-24(17-23)10-12-28-29(5,13-8-14-30(26,28)6)19-31-18-25-15-22(4)27(32-7)16-21(25)3;/h9,11,15-17,20,28,31H,8,10,12-14,18-19H2,1-7H3;1H. The van der Waals surface area contributed by atoms with Gasteiger partial charge in [-0.15, -0.1) is 12.4 Å². The predicted molar refractivity (Wildman–Crippen MR) is 143 cm³/mol. The van der Waals surface area contributed by atoms with Gasteiger partial charge >= 0.3 is 0 Å². The third-order valence-electron chi connectivity index (χ3n) is 8.87. The summed E-state index contributed by atoms with van der Waals surface area (Å²) >= 11 is 0. The van der Waals surface area contributed by atoms with Gasteiger partial charge in [-0.1, -0.05) is 58.4 Å². The quantitative estimate of drug-likeness (QED) is 0.468. The number of fused-ring (bicyclic) bond motifs is 3. The molecular weight excluding hydrogens is 426 g/mol. The summed E-state index contributed by atoms with van der Waals surface area (Å²) in [7, 11) is 1.76. The van der Waals surface area contributed by atoms with Crippen LogP contribution in [0.25, 0.3) is 0 Å². The molecule has 0 aliphatic heterocycles. The first-order valence-electron chi connectivity index (χ1n) is 12.7. The third-order valence-corrected chi connectivity index (χ3v) is 8.87. The maximum absolute atomic E-state index is 5.50. The first-order valence-corrected chi connectivity index (χ1v) is 12.7. The number of nitrogens with one attached hydrogen (secondary N) is 1. The van der Waals surface area contributed by atoms with Crippen molar-refractivity contribution < 1.29 is 4.74 Å². The highest BCUT2D eigenvalue weighted by Gasteiger charge is 2.51. The predicted octanol–water partition coefficient (Wildman–Crippen LogP) is 7.66. The topological polar surface area (TPSA) is 21.3 Å². The number of hydrogen-bond acceptors (Lipinski definition) is 2. The van der Waals surface area contributed by atoms with Crippen molar-refractivity contribution in [3.63, 3.8) is 0 Å². The molecule has 2 aliphatic carbocycles. The molecule has 0 heterocycles. The van der Waals surface area contributed by atoms with Crippen molar-refractivity contribution in [2.75, 3.05) is 13.7 Å². The highest BCUT2D eigenvalue weighted by atomic mass is 35.5. The van der Waals surface area contributed by atoms with E-state index in [9.17, 15) is 0 Å².